The molecule has 0 aromatic carbocycles. The van der Waals surface area contributed by atoms with Crippen molar-refractivity contribution in [1.29, 1.82) is 0 Å². The lowest BCUT2D eigenvalue weighted by atomic mass is 10.1. The van der Waals surface area contributed by atoms with Gasteiger partial charge in [-0.2, -0.15) is 0 Å². The first-order chi connectivity index (χ1) is 16.7. The predicted molar refractivity (Wildman–Crippen MR) is 132 cm³/mol. The van der Waals surface area contributed by atoms with Gasteiger partial charge in [-0.05, 0) is 44.7 Å². The van der Waals surface area contributed by atoms with Crippen LogP contribution in [0.1, 0.15) is 27.2 Å². The number of pyridine rings is 2. The molecule has 0 radical (unpaired) electrons. The van der Waals surface area contributed by atoms with Gasteiger partial charge in [0.1, 0.15) is 23.8 Å². The van der Waals surface area contributed by atoms with Crippen molar-refractivity contribution >= 4 is 28.2 Å². The molecule has 4 heterocycles. The molecule has 35 heavy (non-hydrogen) atoms. The molecule has 1 saturated heterocycles. The molecule has 0 amide bonds. The Bertz CT molecular complexity index is 1220. The molecule has 1 aliphatic rings. The fourth-order valence-electron chi connectivity index (χ4n) is 3.78. The summed E-state index contributed by atoms with van der Waals surface area (Å²) >= 11 is 0. The summed E-state index contributed by atoms with van der Waals surface area (Å²) in [7, 11) is 0. The Balaban J connectivity index is 1.63. The van der Waals surface area contributed by atoms with Gasteiger partial charge in [-0.3, -0.25) is 4.79 Å². The van der Waals surface area contributed by atoms with Crippen LogP contribution in [0.25, 0.3) is 10.8 Å². The lowest BCUT2D eigenvalue weighted by molar-refractivity contribution is 0.0805. The van der Waals surface area contributed by atoms with Crippen LogP contribution in [0.2, 0.25) is 0 Å². The smallest absolute Gasteiger partial charge is 0.262 e. The number of fused-ring (bicyclic) bond motifs is 1. The molecule has 188 valence electrons. The summed E-state index contributed by atoms with van der Waals surface area (Å²) < 4.78 is 12.6. The lowest BCUT2D eigenvalue weighted by Crippen LogP contribution is -2.31. The topological polar surface area (TPSA) is 144 Å². The SMILES string of the molecule is CC(C)(C)Nc1nc(Nc2cc(OCC3CCOC3)ncn2)cc2ccn(CC(O)CO)c(=O)c12. The van der Waals surface area contributed by atoms with E-state index in [2.05, 4.69) is 25.6 Å². The van der Waals surface area contributed by atoms with Crippen LogP contribution in [-0.4, -0.2) is 67.8 Å². The standard InChI is InChI=1S/C24H32N6O5/c1-24(2,3)29-22-21-16(4-6-30(23(21)33)10-17(32)11-31)8-19(28-22)27-18-9-20(26-14-25-18)35-13-15-5-7-34-12-15/h4,6,8-9,14-15,17,31-32H,5,7,10-13H2,1-3H3,(H2,25,26,27,28,29). The zero-order chi connectivity index (χ0) is 25.0. The largest absolute Gasteiger partial charge is 0.477 e. The number of aliphatic hydroxyl groups is 2. The maximum Gasteiger partial charge on any atom is 0.262 e. The number of nitrogens with one attached hydrogen (secondary N) is 2. The number of aromatic nitrogens is 4. The third kappa shape index (κ3) is 6.44. The van der Waals surface area contributed by atoms with Crippen LogP contribution >= 0.6 is 0 Å². The minimum Gasteiger partial charge on any atom is -0.477 e. The van der Waals surface area contributed by atoms with Crippen LogP contribution in [0, 0.1) is 5.92 Å². The third-order valence-corrected chi connectivity index (χ3v) is 5.46. The summed E-state index contributed by atoms with van der Waals surface area (Å²) in [6, 6.07) is 5.24. The fourth-order valence-corrected chi connectivity index (χ4v) is 3.78. The quantitative estimate of drug-likeness (QED) is 0.355. The van der Waals surface area contributed by atoms with E-state index in [0.717, 1.165) is 13.0 Å². The number of rotatable bonds is 9. The highest BCUT2D eigenvalue weighted by Crippen LogP contribution is 2.27. The van der Waals surface area contributed by atoms with Crippen molar-refractivity contribution in [2.24, 2.45) is 5.92 Å². The lowest BCUT2D eigenvalue weighted by Gasteiger charge is -2.23. The average Bonchev–Trinajstić information content (AvgIpc) is 3.32. The molecule has 2 unspecified atom stereocenters. The molecule has 1 aliphatic heterocycles. The zero-order valence-corrected chi connectivity index (χ0v) is 20.2. The molecular weight excluding hydrogens is 452 g/mol. The van der Waals surface area contributed by atoms with Crippen molar-refractivity contribution in [2.75, 3.05) is 37.1 Å². The van der Waals surface area contributed by atoms with E-state index in [4.69, 9.17) is 14.6 Å². The number of hydrogen-bond acceptors (Lipinski definition) is 10. The van der Waals surface area contributed by atoms with Crippen LogP contribution in [-0.2, 0) is 11.3 Å². The molecule has 0 saturated carbocycles. The van der Waals surface area contributed by atoms with Crippen molar-refractivity contribution in [3.05, 3.63) is 41.1 Å². The van der Waals surface area contributed by atoms with Crippen molar-refractivity contribution in [2.45, 2.75) is 45.4 Å². The van der Waals surface area contributed by atoms with Crippen molar-refractivity contribution in [3.63, 3.8) is 0 Å². The molecule has 0 bridgehead atoms. The van der Waals surface area contributed by atoms with Crippen LogP contribution in [0.15, 0.2) is 35.5 Å². The predicted octanol–water partition coefficient (Wildman–Crippen LogP) is 1.91. The van der Waals surface area contributed by atoms with Crippen LogP contribution in [0.3, 0.4) is 0 Å². The van der Waals surface area contributed by atoms with E-state index < -0.39 is 12.7 Å². The van der Waals surface area contributed by atoms with Gasteiger partial charge >= 0.3 is 0 Å². The van der Waals surface area contributed by atoms with Gasteiger partial charge in [0.05, 0.1) is 37.9 Å². The first kappa shape index (κ1) is 24.8. The summed E-state index contributed by atoms with van der Waals surface area (Å²) in [5, 5.41) is 26.5. The highest BCUT2D eigenvalue weighted by molar-refractivity contribution is 5.93. The Morgan fingerprint density at radius 2 is 2.11 bits per heavy atom. The van der Waals surface area contributed by atoms with E-state index in [1.165, 1.54) is 10.9 Å². The molecule has 3 aromatic heterocycles. The van der Waals surface area contributed by atoms with Crippen molar-refractivity contribution in [1.82, 2.24) is 19.5 Å². The van der Waals surface area contributed by atoms with Gasteiger partial charge in [0, 0.05) is 30.3 Å². The van der Waals surface area contributed by atoms with Crippen LogP contribution in [0.4, 0.5) is 17.5 Å². The average molecular weight is 485 g/mol. The molecule has 2 atom stereocenters. The van der Waals surface area contributed by atoms with Crippen LogP contribution in [0.5, 0.6) is 5.88 Å². The van der Waals surface area contributed by atoms with Gasteiger partial charge < -0.3 is 34.9 Å². The summed E-state index contributed by atoms with van der Waals surface area (Å²) in [5.74, 6) is 2.21. The summed E-state index contributed by atoms with van der Waals surface area (Å²) in [5.41, 5.74) is -0.676. The summed E-state index contributed by atoms with van der Waals surface area (Å²) in [4.78, 5) is 26.3. The first-order valence-electron chi connectivity index (χ1n) is 11.6. The summed E-state index contributed by atoms with van der Waals surface area (Å²) in [6.07, 6.45) is 2.95. The molecular formula is C24H32N6O5. The Hall–Kier alpha value is -3.28. The van der Waals surface area contributed by atoms with Gasteiger partial charge in [-0.25, -0.2) is 15.0 Å². The van der Waals surface area contributed by atoms with E-state index in [-0.39, 0.29) is 17.6 Å². The van der Waals surface area contributed by atoms with E-state index in [0.29, 0.717) is 53.2 Å². The van der Waals surface area contributed by atoms with Gasteiger partial charge in [0.15, 0.2) is 0 Å². The van der Waals surface area contributed by atoms with E-state index >= 15 is 0 Å². The maximum atomic E-state index is 13.2. The Labute approximate surface area is 203 Å². The number of anilines is 3. The molecule has 11 nitrogen and oxygen atoms in total. The molecule has 4 rings (SSSR count). The second-order valence-electron chi connectivity index (χ2n) is 9.71. The second-order valence-corrected chi connectivity index (χ2v) is 9.71. The highest BCUT2D eigenvalue weighted by Gasteiger charge is 2.19. The summed E-state index contributed by atoms with van der Waals surface area (Å²) in [6.45, 7) is 7.46. The second kappa shape index (κ2) is 10.5. The van der Waals surface area contributed by atoms with Crippen molar-refractivity contribution in [3.8, 4) is 5.88 Å². The third-order valence-electron chi connectivity index (χ3n) is 5.46. The van der Waals surface area contributed by atoms with E-state index in [1.807, 2.05) is 20.8 Å². The van der Waals surface area contributed by atoms with Gasteiger partial charge in [-0.1, -0.05) is 0 Å². The Morgan fingerprint density at radius 1 is 1.29 bits per heavy atom. The molecule has 0 aliphatic carbocycles. The number of aliphatic hydroxyl groups excluding tert-OH is 2. The molecule has 4 N–H and O–H groups in total. The number of hydrogen-bond donors (Lipinski definition) is 4. The van der Waals surface area contributed by atoms with E-state index in [1.54, 1.807) is 24.4 Å². The first-order valence-corrected chi connectivity index (χ1v) is 11.6. The molecule has 1 fully saturated rings. The fraction of sp³-hybridized carbons (Fsp3) is 0.500. The van der Waals surface area contributed by atoms with Crippen molar-refractivity contribution < 1.29 is 19.7 Å². The maximum absolute atomic E-state index is 13.2. The van der Waals surface area contributed by atoms with Gasteiger partial charge in [0.2, 0.25) is 5.88 Å². The highest BCUT2D eigenvalue weighted by atomic mass is 16.5. The van der Waals surface area contributed by atoms with E-state index in [9.17, 15) is 9.90 Å². The molecule has 11 heteroatoms. The van der Waals surface area contributed by atoms with Crippen LogP contribution < -0.4 is 20.9 Å². The van der Waals surface area contributed by atoms with Gasteiger partial charge in [-0.15, -0.1) is 0 Å². The minimum atomic E-state index is -1.03. The monoisotopic (exact) mass is 484 g/mol. The minimum absolute atomic E-state index is 0.0169. The Morgan fingerprint density at radius 3 is 2.83 bits per heavy atom. The molecule has 0 spiro atoms. The Kier molecular flexibility index (Phi) is 7.48. The normalized spacial score (nSPS) is 16.9. The number of ether oxygens (including phenoxy) is 2. The van der Waals surface area contributed by atoms with Gasteiger partial charge in [0.25, 0.3) is 5.56 Å². The molecule has 3 aromatic rings. The number of nitrogens with zero attached hydrogens (tertiary/aromatic N) is 4. The zero-order valence-electron chi connectivity index (χ0n) is 20.2.